The Hall–Kier alpha value is -1.26. The Labute approximate surface area is 177 Å². The van der Waals surface area contributed by atoms with Gasteiger partial charge in [-0.25, -0.2) is 0 Å². The summed E-state index contributed by atoms with van der Waals surface area (Å²) in [7, 11) is 0. The molecule has 10 N–H and O–H groups in total. The molecule has 2 saturated heterocycles. The van der Waals surface area contributed by atoms with Gasteiger partial charge < -0.3 is 55.1 Å². The van der Waals surface area contributed by atoms with Crippen molar-refractivity contribution in [3.63, 3.8) is 0 Å². The van der Waals surface area contributed by atoms with Gasteiger partial charge in [-0.15, -0.1) is 0 Å². The monoisotopic (exact) mass is 447 g/mol. The van der Waals surface area contributed by atoms with E-state index in [1.807, 2.05) is 0 Å². The van der Waals surface area contributed by atoms with Crippen molar-refractivity contribution in [3.05, 3.63) is 35.9 Å². The fourth-order valence-electron chi connectivity index (χ4n) is 3.89. The van der Waals surface area contributed by atoms with Crippen LogP contribution >= 0.6 is 0 Å². The SMILES string of the molecule is N[C@]1(CO)O[C@H](O[C@H]2[C@H](O)[C@@H](O)[C@H](O)O[C@@H]2CO)[C@H](O)[C@H](O)[C@]1(O)Cc1ccccc1. The van der Waals surface area contributed by atoms with Gasteiger partial charge in [-0.05, 0) is 5.56 Å². The first kappa shape index (κ1) is 24.4. The van der Waals surface area contributed by atoms with Gasteiger partial charge in [0.15, 0.2) is 18.3 Å². The number of nitrogens with two attached hydrogens (primary N) is 1. The van der Waals surface area contributed by atoms with Crippen LogP contribution in [0.1, 0.15) is 5.56 Å². The number of benzene rings is 1. The van der Waals surface area contributed by atoms with Crippen LogP contribution < -0.4 is 5.73 Å². The second-order valence-electron chi connectivity index (χ2n) is 7.89. The van der Waals surface area contributed by atoms with Gasteiger partial charge in [0.25, 0.3) is 0 Å². The summed E-state index contributed by atoms with van der Waals surface area (Å²) in [5.74, 6) is 0. The Morgan fingerprint density at radius 2 is 1.61 bits per heavy atom. The van der Waals surface area contributed by atoms with E-state index in [0.29, 0.717) is 5.56 Å². The van der Waals surface area contributed by atoms with Crippen LogP contribution in [0.15, 0.2) is 30.3 Å². The standard InChI is InChI=1S/C19H29NO11/c20-19(8-22)18(28,6-9-4-2-1-3-5-9)15(26)13(25)17(31-19)30-14-10(7-21)29-16(27)12(24)11(14)23/h1-5,10-17,21-28H,6-8,20H2/t10-,11-,12-,13-,14-,15+,16-,17+,18-,19-/m1/s1. The third kappa shape index (κ3) is 4.35. The van der Waals surface area contributed by atoms with Gasteiger partial charge in [0.05, 0.1) is 13.2 Å². The second kappa shape index (κ2) is 9.31. The lowest BCUT2D eigenvalue weighted by Gasteiger charge is -2.54. The zero-order valence-corrected chi connectivity index (χ0v) is 16.5. The number of hydrogen-bond donors (Lipinski definition) is 9. The summed E-state index contributed by atoms with van der Waals surface area (Å²) < 4.78 is 15.9. The van der Waals surface area contributed by atoms with Crippen molar-refractivity contribution in [1.29, 1.82) is 0 Å². The number of rotatable bonds is 6. The number of aliphatic hydroxyl groups excluding tert-OH is 7. The molecule has 2 fully saturated rings. The molecule has 0 aromatic heterocycles. The van der Waals surface area contributed by atoms with E-state index in [9.17, 15) is 40.9 Å². The van der Waals surface area contributed by atoms with Gasteiger partial charge >= 0.3 is 0 Å². The third-order valence-corrected chi connectivity index (χ3v) is 5.83. The van der Waals surface area contributed by atoms with Crippen molar-refractivity contribution in [2.45, 2.75) is 67.0 Å². The maximum atomic E-state index is 11.2. The lowest BCUT2D eigenvalue weighted by atomic mass is 9.76. The van der Waals surface area contributed by atoms with Gasteiger partial charge in [-0.3, -0.25) is 5.73 Å². The summed E-state index contributed by atoms with van der Waals surface area (Å²) >= 11 is 0. The van der Waals surface area contributed by atoms with Gasteiger partial charge in [-0.2, -0.15) is 0 Å². The molecule has 2 aliphatic rings. The average molecular weight is 447 g/mol. The molecule has 0 saturated carbocycles. The van der Waals surface area contributed by atoms with Crippen LogP contribution in [0.3, 0.4) is 0 Å². The maximum absolute atomic E-state index is 11.2. The smallest absolute Gasteiger partial charge is 0.189 e. The molecule has 2 heterocycles. The van der Waals surface area contributed by atoms with Crippen LogP contribution in [-0.2, 0) is 20.6 Å². The molecule has 0 unspecified atom stereocenters. The van der Waals surface area contributed by atoms with E-state index < -0.39 is 73.7 Å². The number of ether oxygens (including phenoxy) is 3. The highest BCUT2D eigenvalue weighted by atomic mass is 16.7. The molecular formula is C19H29NO11. The largest absolute Gasteiger partial charge is 0.394 e. The second-order valence-corrected chi connectivity index (χ2v) is 7.89. The third-order valence-electron chi connectivity index (χ3n) is 5.83. The van der Waals surface area contributed by atoms with Crippen LogP contribution in [0.5, 0.6) is 0 Å². The summed E-state index contributed by atoms with van der Waals surface area (Å²) in [5, 5.41) is 81.4. The van der Waals surface area contributed by atoms with E-state index in [1.165, 1.54) is 0 Å². The maximum Gasteiger partial charge on any atom is 0.189 e. The van der Waals surface area contributed by atoms with Gasteiger partial charge in [0, 0.05) is 6.42 Å². The first-order chi connectivity index (χ1) is 14.6. The Morgan fingerprint density at radius 1 is 0.968 bits per heavy atom. The molecular weight excluding hydrogens is 418 g/mol. The Morgan fingerprint density at radius 3 is 2.19 bits per heavy atom. The molecule has 0 amide bonds. The van der Waals surface area contributed by atoms with Crippen molar-refractivity contribution in [3.8, 4) is 0 Å². The van der Waals surface area contributed by atoms with Crippen molar-refractivity contribution in [1.82, 2.24) is 0 Å². The van der Waals surface area contributed by atoms with Gasteiger partial charge in [-0.1, -0.05) is 30.3 Å². The van der Waals surface area contributed by atoms with E-state index >= 15 is 0 Å². The molecule has 1 aromatic rings. The Balaban J connectivity index is 1.85. The molecule has 0 spiro atoms. The topological polar surface area (TPSA) is 216 Å². The summed E-state index contributed by atoms with van der Waals surface area (Å²) in [4.78, 5) is 0. The van der Waals surface area contributed by atoms with E-state index in [-0.39, 0.29) is 6.42 Å². The first-order valence-electron chi connectivity index (χ1n) is 9.74. The van der Waals surface area contributed by atoms with Gasteiger partial charge in [0.2, 0.25) is 0 Å². The first-order valence-corrected chi connectivity index (χ1v) is 9.74. The molecule has 31 heavy (non-hydrogen) atoms. The molecule has 0 radical (unpaired) electrons. The normalized spacial score (nSPS) is 46.1. The highest BCUT2D eigenvalue weighted by Gasteiger charge is 2.63. The van der Waals surface area contributed by atoms with Crippen LogP contribution in [-0.4, -0.2) is 115 Å². The molecule has 0 aliphatic carbocycles. The summed E-state index contributed by atoms with van der Waals surface area (Å²) in [6.07, 6.45) is -14.2. The molecule has 3 rings (SSSR count). The van der Waals surface area contributed by atoms with Crippen LogP contribution in [0, 0.1) is 0 Å². The Kier molecular flexibility index (Phi) is 7.32. The van der Waals surface area contributed by atoms with Crippen molar-refractivity contribution >= 4 is 0 Å². The van der Waals surface area contributed by atoms with E-state index in [0.717, 1.165) is 0 Å². The summed E-state index contributed by atoms with van der Waals surface area (Å²) in [6.45, 7) is -1.71. The van der Waals surface area contributed by atoms with Crippen LogP contribution in [0.4, 0.5) is 0 Å². The zero-order valence-electron chi connectivity index (χ0n) is 16.5. The minimum absolute atomic E-state index is 0.283. The predicted molar refractivity (Wildman–Crippen MR) is 101 cm³/mol. The highest BCUT2D eigenvalue weighted by molar-refractivity contribution is 5.22. The molecule has 1 aromatic carbocycles. The minimum Gasteiger partial charge on any atom is -0.394 e. The summed E-state index contributed by atoms with van der Waals surface area (Å²) in [5.41, 5.74) is 1.97. The number of aliphatic hydroxyl groups is 8. The molecule has 10 atom stereocenters. The average Bonchev–Trinajstić information content (AvgIpc) is 2.77. The quantitative estimate of drug-likeness (QED) is 0.202. The lowest BCUT2D eigenvalue weighted by molar-refractivity contribution is -0.394. The molecule has 12 heteroatoms. The zero-order chi connectivity index (χ0) is 23.0. The van der Waals surface area contributed by atoms with Crippen LogP contribution in [0.2, 0.25) is 0 Å². The highest BCUT2D eigenvalue weighted by Crippen LogP contribution is 2.39. The minimum atomic E-state index is -2.34. The van der Waals surface area contributed by atoms with Crippen LogP contribution in [0.25, 0.3) is 0 Å². The fourth-order valence-corrected chi connectivity index (χ4v) is 3.89. The molecule has 0 bridgehead atoms. The molecule has 12 nitrogen and oxygen atoms in total. The molecule has 2 aliphatic heterocycles. The van der Waals surface area contributed by atoms with E-state index in [1.54, 1.807) is 30.3 Å². The lowest BCUT2D eigenvalue weighted by Crippen LogP contribution is -2.79. The van der Waals surface area contributed by atoms with Crippen molar-refractivity contribution in [2.75, 3.05) is 13.2 Å². The Bertz CT molecular complexity index is 724. The van der Waals surface area contributed by atoms with E-state index in [4.69, 9.17) is 19.9 Å². The van der Waals surface area contributed by atoms with Crippen molar-refractivity contribution < 1.29 is 55.1 Å². The summed E-state index contributed by atoms with van der Waals surface area (Å²) in [6, 6.07) is 8.40. The predicted octanol–water partition coefficient (Wildman–Crippen LogP) is -4.50. The molecule has 176 valence electrons. The van der Waals surface area contributed by atoms with Crippen molar-refractivity contribution in [2.24, 2.45) is 5.73 Å². The fraction of sp³-hybridized carbons (Fsp3) is 0.684. The number of hydrogen-bond acceptors (Lipinski definition) is 12. The van der Waals surface area contributed by atoms with E-state index in [2.05, 4.69) is 0 Å². The van der Waals surface area contributed by atoms with Gasteiger partial charge in [0.1, 0.15) is 42.2 Å².